The quantitative estimate of drug-likeness (QED) is 0.782. The Kier molecular flexibility index (Phi) is 4.71. The van der Waals surface area contributed by atoms with Gasteiger partial charge in [-0.05, 0) is 43.3 Å². The molecule has 29 heavy (non-hydrogen) atoms. The molecule has 0 radical (unpaired) electrons. The van der Waals surface area contributed by atoms with Crippen LogP contribution in [-0.4, -0.2) is 48.5 Å². The van der Waals surface area contributed by atoms with E-state index in [9.17, 15) is 14.4 Å². The summed E-state index contributed by atoms with van der Waals surface area (Å²) in [5, 5.41) is 11.8. The molecule has 1 saturated heterocycles. The molecule has 0 bridgehead atoms. The molecule has 0 saturated carbocycles. The van der Waals surface area contributed by atoms with Gasteiger partial charge in [0.2, 0.25) is 5.91 Å². The number of benzene rings is 2. The van der Waals surface area contributed by atoms with E-state index in [-0.39, 0.29) is 12.5 Å². The lowest BCUT2D eigenvalue weighted by Gasteiger charge is -2.20. The van der Waals surface area contributed by atoms with E-state index in [4.69, 9.17) is 4.74 Å². The van der Waals surface area contributed by atoms with Crippen molar-refractivity contribution in [2.75, 3.05) is 23.9 Å². The standard InChI is InChI=1S/C20H19N5O4/c1-12-3-5-13(6-4-12)21-16(26)11-24-18-17(22-23-24)19(27)25(20(18)28)14-7-9-15(29-2)10-8-14/h3-10,17-18H,11H2,1-2H3,(H,21,26)/t17-,18-/m1/s1. The Balaban J connectivity index is 1.47. The summed E-state index contributed by atoms with van der Waals surface area (Å²) >= 11 is 0. The number of anilines is 2. The Morgan fingerprint density at radius 2 is 1.76 bits per heavy atom. The maximum Gasteiger partial charge on any atom is 0.263 e. The van der Waals surface area contributed by atoms with Crippen LogP contribution in [0.3, 0.4) is 0 Å². The SMILES string of the molecule is COc1ccc(N2C(=O)[C@@H]3N=NN(CC(=O)Nc4ccc(C)cc4)[C@H]3C2=O)cc1. The number of nitrogens with zero attached hydrogens (tertiary/aromatic N) is 4. The van der Waals surface area contributed by atoms with Gasteiger partial charge in [0, 0.05) is 5.69 Å². The van der Waals surface area contributed by atoms with Gasteiger partial charge in [-0.2, -0.15) is 5.11 Å². The summed E-state index contributed by atoms with van der Waals surface area (Å²) in [7, 11) is 1.53. The summed E-state index contributed by atoms with van der Waals surface area (Å²) in [6.45, 7) is 1.77. The van der Waals surface area contributed by atoms with Gasteiger partial charge in [0.25, 0.3) is 11.8 Å². The molecule has 2 aromatic rings. The number of carbonyl (C=O) groups is 3. The van der Waals surface area contributed by atoms with E-state index in [0.29, 0.717) is 17.1 Å². The average molecular weight is 393 g/mol. The van der Waals surface area contributed by atoms with Crippen LogP contribution in [-0.2, 0) is 14.4 Å². The summed E-state index contributed by atoms with van der Waals surface area (Å²) in [5.41, 5.74) is 2.14. The summed E-state index contributed by atoms with van der Waals surface area (Å²) in [4.78, 5) is 39.1. The van der Waals surface area contributed by atoms with E-state index < -0.39 is 23.9 Å². The zero-order valence-corrected chi connectivity index (χ0v) is 15.9. The molecule has 1 fully saturated rings. The summed E-state index contributed by atoms with van der Waals surface area (Å²) in [6, 6.07) is 12.1. The largest absolute Gasteiger partial charge is 0.497 e. The van der Waals surface area contributed by atoms with E-state index in [2.05, 4.69) is 15.7 Å². The maximum atomic E-state index is 12.9. The number of hydrogen-bond donors (Lipinski definition) is 1. The molecule has 0 aliphatic carbocycles. The zero-order chi connectivity index (χ0) is 20.5. The highest BCUT2D eigenvalue weighted by Gasteiger charge is 2.55. The molecule has 1 N–H and O–H groups in total. The molecular formula is C20H19N5O4. The second-order valence-corrected chi connectivity index (χ2v) is 6.82. The fraction of sp³-hybridized carbons (Fsp3) is 0.250. The molecule has 9 heteroatoms. The third-order valence-corrected chi connectivity index (χ3v) is 4.83. The predicted octanol–water partition coefficient (Wildman–Crippen LogP) is 1.94. The van der Waals surface area contributed by atoms with Gasteiger partial charge in [-0.3, -0.25) is 19.4 Å². The lowest BCUT2D eigenvalue weighted by molar-refractivity contribution is -0.123. The van der Waals surface area contributed by atoms with Gasteiger partial charge in [0.15, 0.2) is 12.1 Å². The molecule has 4 rings (SSSR count). The van der Waals surface area contributed by atoms with Crippen LogP contribution in [0.15, 0.2) is 58.9 Å². The summed E-state index contributed by atoms with van der Waals surface area (Å²) < 4.78 is 5.10. The normalized spacial score (nSPS) is 20.2. The lowest BCUT2D eigenvalue weighted by Crippen LogP contribution is -2.43. The highest BCUT2D eigenvalue weighted by atomic mass is 16.5. The first-order valence-electron chi connectivity index (χ1n) is 9.04. The zero-order valence-electron chi connectivity index (χ0n) is 15.9. The minimum atomic E-state index is -0.947. The van der Waals surface area contributed by atoms with Gasteiger partial charge in [0.05, 0.1) is 12.8 Å². The monoisotopic (exact) mass is 393 g/mol. The topological polar surface area (TPSA) is 104 Å². The molecule has 148 valence electrons. The number of ether oxygens (including phenoxy) is 1. The van der Waals surface area contributed by atoms with Crippen LogP contribution in [0.5, 0.6) is 5.75 Å². The molecule has 2 aliphatic heterocycles. The fourth-order valence-electron chi connectivity index (χ4n) is 3.32. The van der Waals surface area contributed by atoms with E-state index in [1.807, 2.05) is 19.1 Å². The number of amides is 3. The van der Waals surface area contributed by atoms with Crippen molar-refractivity contribution in [2.45, 2.75) is 19.0 Å². The van der Waals surface area contributed by atoms with Gasteiger partial charge < -0.3 is 10.1 Å². The summed E-state index contributed by atoms with van der Waals surface area (Å²) in [5.74, 6) is -0.660. The molecule has 9 nitrogen and oxygen atoms in total. The predicted molar refractivity (Wildman–Crippen MR) is 104 cm³/mol. The average Bonchev–Trinajstić information content (AvgIpc) is 3.23. The number of fused-ring (bicyclic) bond motifs is 1. The van der Waals surface area contributed by atoms with Crippen LogP contribution >= 0.6 is 0 Å². The number of carbonyl (C=O) groups excluding carboxylic acids is 3. The highest BCUT2D eigenvalue weighted by molar-refractivity contribution is 6.25. The van der Waals surface area contributed by atoms with Crippen molar-refractivity contribution in [3.63, 3.8) is 0 Å². The first-order chi connectivity index (χ1) is 14.0. The van der Waals surface area contributed by atoms with Crippen LogP contribution in [0.2, 0.25) is 0 Å². The van der Waals surface area contributed by atoms with Crippen molar-refractivity contribution >= 4 is 29.1 Å². The van der Waals surface area contributed by atoms with Gasteiger partial charge in [-0.25, -0.2) is 4.90 Å². The highest BCUT2D eigenvalue weighted by Crippen LogP contribution is 2.32. The Hall–Kier alpha value is -3.75. The van der Waals surface area contributed by atoms with Gasteiger partial charge >= 0.3 is 0 Å². The van der Waals surface area contributed by atoms with Crippen LogP contribution in [0.1, 0.15) is 5.56 Å². The number of aryl methyl sites for hydroxylation is 1. The van der Waals surface area contributed by atoms with Crippen LogP contribution in [0.25, 0.3) is 0 Å². The Morgan fingerprint density at radius 1 is 1.07 bits per heavy atom. The van der Waals surface area contributed by atoms with Gasteiger partial charge in [0.1, 0.15) is 12.3 Å². The van der Waals surface area contributed by atoms with Crippen LogP contribution < -0.4 is 15.0 Å². The minimum absolute atomic E-state index is 0.186. The number of methoxy groups -OCH3 is 1. The smallest absolute Gasteiger partial charge is 0.263 e. The molecule has 2 aliphatic rings. The van der Waals surface area contributed by atoms with Crippen LogP contribution in [0.4, 0.5) is 11.4 Å². The Labute approximate surface area is 166 Å². The fourth-order valence-corrected chi connectivity index (χ4v) is 3.32. The van der Waals surface area contributed by atoms with Crippen molar-refractivity contribution in [2.24, 2.45) is 10.3 Å². The van der Waals surface area contributed by atoms with Crippen molar-refractivity contribution in [3.8, 4) is 5.75 Å². The first kappa shape index (κ1) is 18.6. The molecule has 3 amide bonds. The third kappa shape index (κ3) is 3.42. The Morgan fingerprint density at radius 3 is 2.41 bits per heavy atom. The molecule has 0 aromatic heterocycles. The number of nitrogens with one attached hydrogen (secondary N) is 1. The molecule has 2 atom stereocenters. The second kappa shape index (κ2) is 7.34. The number of rotatable bonds is 5. The Bertz CT molecular complexity index is 987. The maximum absolute atomic E-state index is 12.9. The number of imide groups is 1. The third-order valence-electron chi connectivity index (χ3n) is 4.83. The van der Waals surface area contributed by atoms with E-state index >= 15 is 0 Å². The van der Waals surface area contributed by atoms with Crippen molar-refractivity contribution < 1.29 is 19.1 Å². The van der Waals surface area contributed by atoms with Crippen LogP contribution in [0, 0.1) is 6.92 Å². The lowest BCUT2D eigenvalue weighted by atomic mass is 10.1. The second-order valence-electron chi connectivity index (χ2n) is 6.82. The number of hydrogen-bond acceptors (Lipinski definition) is 7. The molecule has 2 aromatic carbocycles. The van der Waals surface area contributed by atoms with Crippen molar-refractivity contribution in [1.82, 2.24) is 5.01 Å². The first-order valence-corrected chi connectivity index (χ1v) is 9.04. The molecular weight excluding hydrogens is 374 g/mol. The van der Waals surface area contributed by atoms with Crippen molar-refractivity contribution in [1.29, 1.82) is 0 Å². The van der Waals surface area contributed by atoms with E-state index in [1.165, 1.54) is 12.1 Å². The van der Waals surface area contributed by atoms with Gasteiger partial charge in [-0.1, -0.05) is 22.9 Å². The molecule has 0 unspecified atom stereocenters. The van der Waals surface area contributed by atoms with Crippen molar-refractivity contribution in [3.05, 3.63) is 54.1 Å². The summed E-state index contributed by atoms with van der Waals surface area (Å²) in [6.07, 6.45) is 0. The molecule has 0 spiro atoms. The van der Waals surface area contributed by atoms with E-state index in [0.717, 1.165) is 10.5 Å². The minimum Gasteiger partial charge on any atom is -0.497 e. The van der Waals surface area contributed by atoms with E-state index in [1.54, 1.807) is 36.4 Å². The van der Waals surface area contributed by atoms with Gasteiger partial charge in [-0.15, -0.1) is 0 Å². The molecule has 2 heterocycles.